The lowest BCUT2D eigenvalue weighted by atomic mass is 9.99. The number of aromatic nitrogens is 1. The van der Waals surface area contributed by atoms with Crippen molar-refractivity contribution in [1.82, 2.24) is 9.88 Å². The van der Waals surface area contributed by atoms with E-state index in [2.05, 4.69) is 4.98 Å². The quantitative estimate of drug-likeness (QED) is 0.641. The van der Waals surface area contributed by atoms with E-state index in [9.17, 15) is 4.79 Å². The van der Waals surface area contributed by atoms with Crippen molar-refractivity contribution in [2.75, 3.05) is 25.4 Å². The molecule has 1 amide bonds. The molecule has 1 aromatic carbocycles. The fourth-order valence-corrected chi connectivity index (χ4v) is 4.32. The predicted octanol–water partition coefficient (Wildman–Crippen LogP) is 4.80. The molecule has 1 fully saturated rings. The van der Waals surface area contributed by atoms with E-state index in [-0.39, 0.29) is 12.5 Å². The zero-order valence-electron chi connectivity index (χ0n) is 14.2. The molecule has 0 aliphatic carbocycles. The van der Waals surface area contributed by atoms with Gasteiger partial charge in [-0.15, -0.1) is 11.8 Å². The Hall–Kier alpha value is -1.43. The lowest BCUT2D eigenvalue weighted by Crippen LogP contribution is -2.41. The van der Waals surface area contributed by atoms with Gasteiger partial charge in [-0.2, -0.15) is 0 Å². The summed E-state index contributed by atoms with van der Waals surface area (Å²) in [5.74, 6) is 2.12. The van der Waals surface area contributed by atoms with Crippen LogP contribution >= 0.6 is 35.0 Å². The van der Waals surface area contributed by atoms with Crippen molar-refractivity contribution in [3.63, 3.8) is 0 Å². The minimum Gasteiger partial charge on any atom is -0.482 e. The van der Waals surface area contributed by atoms with Crippen molar-refractivity contribution >= 4 is 40.9 Å². The van der Waals surface area contributed by atoms with Crippen LogP contribution in [-0.4, -0.2) is 41.2 Å². The highest BCUT2D eigenvalue weighted by molar-refractivity contribution is 7.99. The lowest BCUT2D eigenvalue weighted by Gasteiger charge is -2.31. The number of rotatable bonds is 6. The summed E-state index contributed by atoms with van der Waals surface area (Å²) in [5.41, 5.74) is 0. The summed E-state index contributed by atoms with van der Waals surface area (Å²) in [6.45, 7) is 1.53. The number of halogens is 2. The van der Waals surface area contributed by atoms with Crippen LogP contribution in [0.3, 0.4) is 0 Å². The topological polar surface area (TPSA) is 42.4 Å². The number of nitrogens with zero attached hydrogens (tertiary/aromatic N) is 2. The lowest BCUT2D eigenvalue weighted by molar-refractivity contribution is -0.134. The number of carbonyl (C=O) groups is 1. The smallest absolute Gasteiger partial charge is 0.260 e. The second-order valence-electron chi connectivity index (χ2n) is 6.17. The highest BCUT2D eigenvalue weighted by atomic mass is 35.5. The molecular weight excluding hydrogens is 391 g/mol. The Balaban J connectivity index is 1.40. The first-order valence-electron chi connectivity index (χ1n) is 8.51. The zero-order valence-corrected chi connectivity index (χ0v) is 16.6. The summed E-state index contributed by atoms with van der Waals surface area (Å²) in [4.78, 5) is 18.6. The van der Waals surface area contributed by atoms with E-state index in [4.69, 9.17) is 27.9 Å². The molecule has 0 unspecified atom stereocenters. The average molecular weight is 411 g/mol. The Labute approximate surface area is 167 Å². The Morgan fingerprint density at radius 3 is 2.73 bits per heavy atom. The molecule has 0 saturated carbocycles. The third kappa shape index (κ3) is 5.53. The largest absolute Gasteiger partial charge is 0.482 e. The second kappa shape index (κ2) is 9.49. The van der Waals surface area contributed by atoms with Gasteiger partial charge >= 0.3 is 0 Å². The molecule has 0 bridgehead atoms. The molecule has 3 rings (SSSR count). The van der Waals surface area contributed by atoms with Crippen molar-refractivity contribution < 1.29 is 9.53 Å². The molecule has 1 aliphatic rings. The minimum absolute atomic E-state index is 0.00525. The maximum atomic E-state index is 12.4. The molecule has 0 atom stereocenters. The van der Waals surface area contributed by atoms with Gasteiger partial charge in [-0.1, -0.05) is 29.3 Å². The Kier molecular flexibility index (Phi) is 7.06. The van der Waals surface area contributed by atoms with Crippen LogP contribution in [-0.2, 0) is 4.79 Å². The summed E-state index contributed by atoms with van der Waals surface area (Å²) in [7, 11) is 0. The first-order chi connectivity index (χ1) is 12.6. The van der Waals surface area contributed by atoms with Crippen molar-refractivity contribution in [2.24, 2.45) is 5.92 Å². The van der Waals surface area contributed by atoms with Gasteiger partial charge in [-0.05, 0) is 49.1 Å². The number of likely N-dealkylation sites (tertiary alicyclic amines) is 1. The molecule has 1 aromatic heterocycles. The molecule has 4 nitrogen and oxygen atoms in total. The number of thioether (sulfide) groups is 1. The van der Waals surface area contributed by atoms with E-state index in [1.165, 1.54) is 0 Å². The monoisotopic (exact) mass is 410 g/mol. The van der Waals surface area contributed by atoms with Gasteiger partial charge in [0.2, 0.25) is 0 Å². The standard InChI is InChI=1S/C19H20Cl2N2O2S/c20-15-4-5-17(16(21)11-15)25-12-19(24)23-9-6-14(7-10-23)13-26-18-3-1-2-8-22-18/h1-5,8,11,14H,6-7,9-10,12-13H2. The molecule has 2 aromatic rings. The van der Waals surface area contributed by atoms with Crippen LogP contribution in [0.2, 0.25) is 10.0 Å². The average Bonchev–Trinajstić information content (AvgIpc) is 2.67. The molecule has 26 heavy (non-hydrogen) atoms. The van der Waals surface area contributed by atoms with E-state index in [0.717, 1.165) is 36.7 Å². The van der Waals surface area contributed by atoms with Gasteiger partial charge in [0.15, 0.2) is 6.61 Å². The van der Waals surface area contributed by atoms with Crippen LogP contribution in [0.1, 0.15) is 12.8 Å². The number of ether oxygens (including phenoxy) is 1. The number of benzene rings is 1. The normalized spacial score (nSPS) is 15.1. The highest BCUT2D eigenvalue weighted by Crippen LogP contribution is 2.28. The Bertz CT molecular complexity index is 738. The molecule has 138 valence electrons. The number of pyridine rings is 1. The predicted molar refractivity (Wildman–Crippen MR) is 106 cm³/mol. The maximum Gasteiger partial charge on any atom is 0.260 e. The minimum atomic E-state index is -0.00755. The molecule has 7 heteroatoms. The summed E-state index contributed by atoms with van der Waals surface area (Å²) in [6.07, 6.45) is 3.83. The van der Waals surface area contributed by atoms with Crippen molar-refractivity contribution in [3.8, 4) is 5.75 Å². The van der Waals surface area contributed by atoms with E-state index >= 15 is 0 Å². The number of piperidine rings is 1. The number of hydrogen-bond donors (Lipinski definition) is 0. The Morgan fingerprint density at radius 2 is 2.04 bits per heavy atom. The zero-order chi connectivity index (χ0) is 18.4. The van der Waals surface area contributed by atoms with E-state index < -0.39 is 0 Å². The van der Waals surface area contributed by atoms with Crippen LogP contribution in [0.4, 0.5) is 0 Å². The summed E-state index contributed by atoms with van der Waals surface area (Å²) in [5, 5.41) is 2.01. The van der Waals surface area contributed by atoms with Crippen LogP contribution in [0.5, 0.6) is 5.75 Å². The first kappa shape index (κ1) is 19.3. The number of hydrogen-bond acceptors (Lipinski definition) is 4. The number of amides is 1. The van der Waals surface area contributed by atoms with Crippen LogP contribution in [0, 0.1) is 5.92 Å². The SMILES string of the molecule is O=C(COc1ccc(Cl)cc1Cl)N1CCC(CSc2ccccn2)CC1. The fourth-order valence-electron chi connectivity index (χ4n) is 2.81. The first-order valence-corrected chi connectivity index (χ1v) is 10.3. The van der Waals surface area contributed by atoms with Crippen LogP contribution < -0.4 is 4.74 Å². The summed E-state index contributed by atoms with van der Waals surface area (Å²) < 4.78 is 5.54. The fraction of sp³-hybridized carbons (Fsp3) is 0.368. The molecular formula is C19H20Cl2N2O2S. The van der Waals surface area contributed by atoms with Crippen molar-refractivity contribution in [3.05, 3.63) is 52.6 Å². The number of carbonyl (C=O) groups excluding carboxylic acids is 1. The Morgan fingerprint density at radius 1 is 1.23 bits per heavy atom. The van der Waals surface area contributed by atoms with Crippen LogP contribution in [0.25, 0.3) is 0 Å². The molecule has 1 aliphatic heterocycles. The highest BCUT2D eigenvalue weighted by Gasteiger charge is 2.23. The summed E-state index contributed by atoms with van der Waals surface area (Å²) >= 11 is 13.7. The van der Waals surface area contributed by atoms with E-state index in [0.29, 0.717) is 21.7 Å². The molecule has 0 N–H and O–H groups in total. The molecule has 0 spiro atoms. The van der Waals surface area contributed by atoms with Gasteiger partial charge in [-0.3, -0.25) is 4.79 Å². The summed E-state index contributed by atoms with van der Waals surface area (Å²) in [6, 6.07) is 10.9. The van der Waals surface area contributed by atoms with E-state index in [1.807, 2.05) is 29.3 Å². The van der Waals surface area contributed by atoms with Gasteiger partial charge in [0.1, 0.15) is 5.75 Å². The van der Waals surface area contributed by atoms with Crippen molar-refractivity contribution in [2.45, 2.75) is 17.9 Å². The van der Waals surface area contributed by atoms with Gasteiger partial charge in [0, 0.05) is 30.1 Å². The third-order valence-electron chi connectivity index (χ3n) is 4.32. The van der Waals surface area contributed by atoms with Crippen LogP contribution in [0.15, 0.2) is 47.6 Å². The molecule has 2 heterocycles. The second-order valence-corrected chi connectivity index (χ2v) is 8.05. The maximum absolute atomic E-state index is 12.4. The van der Waals surface area contributed by atoms with Gasteiger partial charge < -0.3 is 9.64 Å². The van der Waals surface area contributed by atoms with Gasteiger partial charge in [0.05, 0.1) is 10.0 Å². The van der Waals surface area contributed by atoms with Gasteiger partial charge in [0.25, 0.3) is 5.91 Å². The third-order valence-corrected chi connectivity index (χ3v) is 6.02. The van der Waals surface area contributed by atoms with Crippen molar-refractivity contribution in [1.29, 1.82) is 0 Å². The van der Waals surface area contributed by atoms with Gasteiger partial charge in [-0.25, -0.2) is 4.98 Å². The molecule has 0 radical (unpaired) electrons. The van der Waals surface area contributed by atoms with E-state index in [1.54, 1.807) is 30.0 Å². The molecule has 1 saturated heterocycles.